The van der Waals surface area contributed by atoms with E-state index in [4.69, 9.17) is 17.0 Å². The van der Waals surface area contributed by atoms with Gasteiger partial charge in [-0.2, -0.15) is 0 Å². The monoisotopic (exact) mass is 396 g/mol. The first-order valence-electron chi connectivity index (χ1n) is 9.97. The number of ether oxygens (including phenoxy) is 1. The molecule has 0 aliphatic heterocycles. The predicted octanol–water partition coefficient (Wildman–Crippen LogP) is 1.24. The highest BCUT2D eigenvalue weighted by atomic mass is 32.1. The second-order valence-electron chi connectivity index (χ2n) is 8.84. The summed E-state index contributed by atoms with van der Waals surface area (Å²) in [5.41, 5.74) is 4.99. The van der Waals surface area contributed by atoms with E-state index in [1.54, 1.807) is 14.0 Å². The van der Waals surface area contributed by atoms with Crippen molar-refractivity contribution in [3.8, 4) is 0 Å². The first-order valence-corrected chi connectivity index (χ1v) is 10.4. The summed E-state index contributed by atoms with van der Waals surface area (Å²) < 4.78 is 5.03. The minimum absolute atomic E-state index is 0.0279. The zero-order chi connectivity index (χ0) is 19.6. The first kappa shape index (κ1) is 20.3. The second-order valence-corrected chi connectivity index (χ2v) is 9.25. The highest BCUT2D eigenvalue weighted by Crippen LogP contribution is 2.60. The molecule has 4 aliphatic rings. The molecular weight excluding hydrogens is 364 g/mol. The molecule has 0 spiro atoms. The maximum Gasteiger partial charge on any atom is 0.260 e. The molecule has 0 unspecified atom stereocenters. The molecule has 8 heteroatoms. The highest BCUT2D eigenvalue weighted by Gasteiger charge is 2.54. The third kappa shape index (κ3) is 4.71. The van der Waals surface area contributed by atoms with Crippen LogP contribution in [0.5, 0.6) is 0 Å². The maximum absolute atomic E-state index is 13.0. The van der Waals surface area contributed by atoms with E-state index in [9.17, 15) is 9.59 Å². The molecule has 0 saturated heterocycles. The van der Waals surface area contributed by atoms with Gasteiger partial charge in [0.05, 0.1) is 6.61 Å². The Bertz CT molecular complexity index is 562. The van der Waals surface area contributed by atoms with Crippen molar-refractivity contribution in [2.45, 2.75) is 64.5 Å². The van der Waals surface area contributed by atoms with Crippen molar-refractivity contribution in [3.63, 3.8) is 0 Å². The summed E-state index contributed by atoms with van der Waals surface area (Å²) in [6, 6.07) is -0.586. The molecule has 0 radical (unpaired) electrons. The number of hydrazine groups is 1. The van der Waals surface area contributed by atoms with Crippen LogP contribution < -0.4 is 21.5 Å². The van der Waals surface area contributed by atoms with Crippen molar-refractivity contribution in [3.05, 3.63) is 0 Å². The summed E-state index contributed by atoms with van der Waals surface area (Å²) in [4.78, 5) is 25.3. The van der Waals surface area contributed by atoms with Gasteiger partial charge in [0.2, 0.25) is 5.91 Å². The molecule has 2 amide bonds. The quantitative estimate of drug-likeness (QED) is 0.399. The fourth-order valence-electron chi connectivity index (χ4n) is 5.58. The lowest BCUT2D eigenvalue weighted by Crippen LogP contribution is -2.58. The highest BCUT2D eigenvalue weighted by molar-refractivity contribution is 7.80. The number of carbonyl (C=O) groups excluding carboxylic acids is 2. The topological polar surface area (TPSA) is 91.5 Å². The molecule has 0 aromatic heterocycles. The third-order valence-electron chi connectivity index (χ3n) is 6.35. The van der Waals surface area contributed by atoms with Crippen LogP contribution in [0.25, 0.3) is 0 Å². The molecule has 4 rings (SSSR count). The number of hydrogen-bond acceptors (Lipinski definition) is 4. The van der Waals surface area contributed by atoms with Gasteiger partial charge in [-0.05, 0) is 82.3 Å². The van der Waals surface area contributed by atoms with Crippen LogP contribution in [0.1, 0.15) is 52.4 Å². The van der Waals surface area contributed by atoms with E-state index in [0.717, 1.165) is 19.3 Å². The van der Waals surface area contributed by atoms with E-state index in [-0.39, 0.29) is 23.3 Å². The lowest BCUT2D eigenvalue weighted by molar-refractivity contribution is -0.148. The minimum atomic E-state index is -0.614. The van der Waals surface area contributed by atoms with Crippen LogP contribution in [-0.2, 0) is 14.3 Å². The van der Waals surface area contributed by atoms with Crippen molar-refractivity contribution >= 4 is 29.1 Å². The average Bonchev–Trinajstić information content (AvgIpc) is 2.58. The Morgan fingerprint density at radius 2 is 1.59 bits per heavy atom. The van der Waals surface area contributed by atoms with E-state index in [1.165, 1.54) is 19.3 Å². The summed E-state index contributed by atoms with van der Waals surface area (Å²) in [7, 11) is 1.62. The van der Waals surface area contributed by atoms with Gasteiger partial charge < -0.3 is 15.4 Å². The molecule has 4 saturated carbocycles. The Kier molecular flexibility index (Phi) is 6.25. The molecule has 0 heterocycles. The van der Waals surface area contributed by atoms with Crippen LogP contribution >= 0.6 is 12.2 Å². The summed E-state index contributed by atoms with van der Waals surface area (Å²) in [5.74, 6) is 1.84. The SMILES string of the molecule is COC[C@@H](C)NC(=S)NNC(=O)[C@H](C)NC(=O)C12CC3CC(CC(C3)C1)C2. The molecule has 4 aliphatic carbocycles. The van der Waals surface area contributed by atoms with Gasteiger partial charge in [-0.25, -0.2) is 0 Å². The van der Waals surface area contributed by atoms with Crippen molar-refractivity contribution in [1.82, 2.24) is 21.5 Å². The number of carbonyl (C=O) groups is 2. The molecule has 27 heavy (non-hydrogen) atoms. The van der Waals surface area contributed by atoms with E-state index in [2.05, 4.69) is 21.5 Å². The van der Waals surface area contributed by atoms with Gasteiger partial charge in [0.25, 0.3) is 5.91 Å². The van der Waals surface area contributed by atoms with Crippen molar-refractivity contribution in [2.24, 2.45) is 23.2 Å². The van der Waals surface area contributed by atoms with Gasteiger partial charge in [0.1, 0.15) is 6.04 Å². The van der Waals surface area contributed by atoms with Gasteiger partial charge >= 0.3 is 0 Å². The standard InChI is InChI=1S/C19H32N4O3S/c1-11(10-26-3)20-18(27)23-22-16(24)12(2)21-17(25)19-7-13-4-14(8-19)6-15(5-13)9-19/h11-15H,4-10H2,1-3H3,(H,21,25)(H,22,24)(H2,20,23,27)/t11-,12+,13?,14?,15?,19?/m1/s1. The van der Waals surface area contributed by atoms with Crippen LogP contribution in [0.2, 0.25) is 0 Å². The van der Waals surface area contributed by atoms with E-state index >= 15 is 0 Å². The molecular formula is C19H32N4O3S. The van der Waals surface area contributed by atoms with Crippen molar-refractivity contribution < 1.29 is 14.3 Å². The zero-order valence-electron chi connectivity index (χ0n) is 16.5. The fourth-order valence-corrected chi connectivity index (χ4v) is 5.83. The van der Waals surface area contributed by atoms with Crippen LogP contribution in [0.15, 0.2) is 0 Å². The molecule has 0 aromatic rings. The molecule has 4 bridgehead atoms. The number of hydrogen-bond donors (Lipinski definition) is 4. The molecule has 152 valence electrons. The van der Waals surface area contributed by atoms with Gasteiger partial charge in [-0.3, -0.25) is 20.4 Å². The van der Waals surface area contributed by atoms with Gasteiger partial charge in [-0.15, -0.1) is 0 Å². The normalized spacial score (nSPS) is 33.1. The molecule has 0 aromatic carbocycles. The van der Waals surface area contributed by atoms with Gasteiger partial charge in [0.15, 0.2) is 5.11 Å². The average molecular weight is 397 g/mol. The minimum Gasteiger partial charge on any atom is -0.383 e. The van der Waals surface area contributed by atoms with E-state index in [0.29, 0.717) is 29.5 Å². The Morgan fingerprint density at radius 3 is 2.11 bits per heavy atom. The van der Waals surface area contributed by atoms with E-state index < -0.39 is 6.04 Å². The molecule has 4 N–H and O–H groups in total. The second kappa shape index (κ2) is 8.31. The number of amides is 2. The summed E-state index contributed by atoms with van der Waals surface area (Å²) >= 11 is 5.13. The number of rotatable bonds is 6. The Labute approximate surface area is 166 Å². The Morgan fingerprint density at radius 1 is 1.04 bits per heavy atom. The smallest absolute Gasteiger partial charge is 0.260 e. The lowest BCUT2D eigenvalue weighted by Gasteiger charge is -2.55. The van der Waals surface area contributed by atoms with Crippen LogP contribution in [0.4, 0.5) is 0 Å². The third-order valence-corrected chi connectivity index (χ3v) is 6.57. The number of thiocarbonyl (C=S) groups is 1. The van der Waals surface area contributed by atoms with E-state index in [1.807, 2.05) is 6.92 Å². The summed E-state index contributed by atoms with van der Waals surface area (Å²) in [6.07, 6.45) is 6.84. The van der Waals surface area contributed by atoms with Crippen LogP contribution in [0.3, 0.4) is 0 Å². The molecule has 2 atom stereocenters. The predicted molar refractivity (Wildman–Crippen MR) is 107 cm³/mol. The Balaban J connectivity index is 1.45. The van der Waals surface area contributed by atoms with Crippen LogP contribution in [0, 0.1) is 23.2 Å². The number of methoxy groups -OCH3 is 1. The molecule has 4 fully saturated rings. The summed E-state index contributed by atoms with van der Waals surface area (Å²) in [6.45, 7) is 4.14. The first-order chi connectivity index (χ1) is 12.8. The zero-order valence-corrected chi connectivity index (χ0v) is 17.3. The Hall–Kier alpha value is -1.41. The largest absolute Gasteiger partial charge is 0.383 e. The summed E-state index contributed by atoms with van der Waals surface area (Å²) in [5, 5.41) is 6.26. The maximum atomic E-state index is 13.0. The lowest BCUT2D eigenvalue weighted by atomic mass is 9.49. The number of nitrogens with one attached hydrogen (secondary N) is 4. The van der Waals surface area contributed by atoms with Crippen molar-refractivity contribution in [1.29, 1.82) is 0 Å². The van der Waals surface area contributed by atoms with Crippen molar-refractivity contribution in [2.75, 3.05) is 13.7 Å². The van der Waals surface area contributed by atoms with Gasteiger partial charge in [-0.1, -0.05) is 0 Å². The van der Waals surface area contributed by atoms with Gasteiger partial charge in [0, 0.05) is 18.6 Å². The van der Waals surface area contributed by atoms with Crippen LogP contribution in [-0.4, -0.2) is 42.7 Å². The molecule has 7 nitrogen and oxygen atoms in total. The fraction of sp³-hybridized carbons (Fsp3) is 0.842.